The standard InChI is InChI=1S/C16H36N2/c1-3-4-15-18(2)16-13-11-9-7-5-6-8-10-12-14-17/h3-17H2,1-2H3. The average Bonchev–Trinajstić information content (AvgIpc) is 2.38. The summed E-state index contributed by atoms with van der Waals surface area (Å²) in [5.74, 6) is 0. The normalized spacial score (nSPS) is 11.3. The van der Waals surface area contributed by atoms with Gasteiger partial charge in [-0.15, -0.1) is 0 Å². The van der Waals surface area contributed by atoms with E-state index in [1.54, 1.807) is 0 Å². The Hall–Kier alpha value is -0.0800. The Balaban J connectivity index is 3.02. The van der Waals surface area contributed by atoms with Gasteiger partial charge in [0.15, 0.2) is 0 Å². The third-order valence-electron chi connectivity index (χ3n) is 3.64. The largest absolute Gasteiger partial charge is 0.330 e. The first-order chi connectivity index (χ1) is 8.81. The van der Waals surface area contributed by atoms with Gasteiger partial charge in [0.1, 0.15) is 0 Å². The first-order valence-corrected chi connectivity index (χ1v) is 8.20. The second-order valence-corrected chi connectivity index (χ2v) is 5.63. The van der Waals surface area contributed by atoms with Gasteiger partial charge in [0.25, 0.3) is 0 Å². The second-order valence-electron chi connectivity index (χ2n) is 5.63. The van der Waals surface area contributed by atoms with Gasteiger partial charge in [-0.2, -0.15) is 0 Å². The molecule has 0 aliphatic carbocycles. The average molecular weight is 256 g/mol. The highest BCUT2D eigenvalue weighted by atomic mass is 15.1. The van der Waals surface area contributed by atoms with Crippen LogP contribution in [0.2, 0.25) is 0 Å². The van der Waals surface area contributed by atoms with Crippen LogP contribution in [0.15, 0.2) is 0 Å². The molecular weight excluding hydrogens is 220 g/mol. The van der Waals surface area contributed by atoms with Crippen molar-refractivity contribution in [3.05, 3.63) is 0 Å². The molecule has 0 spiro atoms. The Morgan fingerprint density at radius 2 is 1.11 bits per heavy atom. The number of hydrogen-bond donors (Lipinski definition) is 1. The molecule has 0 radical (unpaired) electrons. The summed E-state index contributed by atoms with van der Waals surface area (Å²) in [6.45, 7) is 5.70. The summed E-state index contributed by atoms with van der Waals surface area (Å²) in [6, 6.07) is 0. The van der Waals surface area contributed by atoms with E-state index in [1.165, 1.54) is 83.7 Å². The van der Waals surface area contributed by atoms with E-state index >= 15 is 0 Å². The van der Waals surface area contributed by atoms with E-state index in [2.05, 4.69) is 18.9 Å². The molecule has 0 rings (SSSR count). The van der Waals surface area contributed by atoms with Crippen molar-refractivity contribution in [1.29, 1.82) is 0 Å². The molecule has 0 unspecified atom stereocenters. The second kappa shape index (κ2) is 15.0. The fourth-order valence-electron chi connectivity index (χ4n) is 2.30. The maximum atomic E-state index is 5.48. The van der Waals surface area contributed by atoms with Crippen LogP contribution in [0, 0.1) is 0 Å². The van der Waals surface area contributed by atoms with Gasteiger partial charge in [-0.05, 0) is 45.9 Å². The first-order valence-electron chi connectivity index (χ1n) is 8.20. The van der Waals surface area contributed by atoms with E-state index in [0.717, 1.165) is 6.54 Å². The van der Waals surface area contributed by atoms with Gasteiger partial charge in [0.2, 0.25) is 0 Å². The minimum absolute atomic E-state index is 0.867. The van der Waals surface area contributed by atoms with E-state index in [0.29, 0.717) is 0 Å². The zero-order valence-corrected chi connectivity index (χ0v) is 12.9. The highest BCUT2D eigenvalue weighted by molar-refractivity contribution is 4.53. The summed E-state index contributed by atoms with van der Waals surface area (Å²) in [5.41, 5.74) is 5.48. The molecule has 2 nitrogen and oxygen atoms in total. The Bertz CT molecular complexity index is 148. The lowest BCUT2D eigenvalue weighted by Gasteiger charge is -2.15. The third-order valence-corrected chi connectivity index (χ3v) is 3.64. The van der Waals surface area contributed by atoms with Gasteiger partial charge in [0.05, 0.1) is 0 Å². The van der Waals surface area contributed by atoms with E-state index in [9.17, 15) is 0 Å². The Labute approximate surface area is 115 Å². The molecule has 0 amide bonds. The van der Waals surface area contributed by atoms with Gasteiger partial charge >= 0.3 is 0 Å². The van der Waals surface area contributed by atoms with Crippen LogP contribution in [-0.4, -0.2) is 31.6 Å². The van der Waals surface area contributed by atoms with Crippen LogP contribution in [-0.2, 0) is 0 Å². The van der Waals surface area contributed by atoms with Crippen LogP contribution >= 0.6 is 0 Å². The number of nitrogens with zero attached hydrogens (tertiary/aromatic N) is 1. The number of hydrogen-bond acceptors (Lipinski definition) is 2. The highest BCUT2D eigenvalue weighted by Crippen LogP contribution is 2.09. The van der Waals surface area contributed by atoms with E-state index in [-0.39, 0.29) is 0 Å². The Morgan fingerprint density at radius 1 is 0.667 bits per heavy atom. The molecule has 0 bridgehead atoms. The van der Waals surface area contributed by atoms with Crippen LogP contribution in [0.5, 0.6) is 0 Å². The van der Waals surface area contributed by atoms with Gasteiger partial charge in [-0.3, -0.25) is 0 Å². The van der Waals surface area contributed by atoms with Crippen LogP contribution in [0.4, 0.5) is 0 Å². The molecule has 18 heavy (non-hydrogen) atoms. The van der Waals surface area contributed by atoms with Crippen LogP contribution in [0.25, 0.3) is 0 Å². The maximum absolute atomic E-state index is 5.48. The SMILES string of the molecule is CCCCN(C)CCCCCCCCCCCN. The van der Waals surface area contributed by atoms with Crippen molar-refractivity contribution in [3.63, 3.8) is 0 Å². The minimum Gasteiger partial charge on any atom is -0.330 e. The summed E-state index contributed by atoms with van der Waals surface area (Å²) >= 11 is 0. The topological polar surface area (TPSA) is 29.3 Å². The smallest absolute Gasteiger partial charge is 0.00218 e. The highest BCUT2D eigenvalue weighted by Gasteiger charge is 1.97. The number of unbranched alkanes of at least 4 members (excludes halogenated alkanes) is 9. The first kappa shape index (κ1) is 17.9. The molecule has 2 N–H and O–H groups in total. The molecule has 0 atom stereocenters. The molecule has 0 heterocycles. The number of rotatable bonds is 14. The van der Waals surface area contributed by atoms with E-state index < -0.39 is 0 Å². The quantitative estimate of drug-likeness (QED) is 0.472. The fraction of sp³-hybridized carbons (Fsp3) is 1.00. The van der Waals surface area contributed by atoms with Crippen molar-refractivity contribution >= 4 is 0 Å². The molecule has 2 heteroatoms. The van der Waals surface area contributed by atoms with Crippen LogP contribution in [0.3, 0.4) is 0 Å². The molecule has 0 aliphatic heterocycles. The molecule has 110 valence electrons. The fourth-order valence-corrected chi connectivity index (χ4v) is 2.30. The number of nitrogens with two attached hydrogens (primary N) is 1. The van der Waals surface area contributed by atoms with Gasteiger partial charge in [0, 0.05) is 0 Å². The Kier molecular flexibility index (Phi) is 14.9. The zero-order chi connectivity index (χ0) is 13.5. The molecule has 0 saturated heterocycles. The van der Waals surface area contributed by atoms with Gasteiger partial charge in [-0.1, -0.05) is 58.3 Å². The third kappa shape index (κ3) is 14.0. The zero-order valence-electron chi connectivity index (χ0n) is 12.9. The molecule has 0 saturated carbocycles. The summed E-state index contributed by atoms with van der Waals surface area (Å²) in [7, 11) is 2.26. The summed E-state index contributed by atoms with van der Waals surface area (Å²) < 4.78 is 0. The monoisotopic (exact) mass is 256 g/mol. The van der Waals surface area contributed by atoms with Crippen molar-refractivity contribution in [2.45, 2.75) is 77.6 Å². The van der Waals surface area contributed by atoms with E-state index in [1.807, 2.05) is 0 Å². The van der Waals surface area contributed by atoms with Crippen molar-refractivity contribution in [3.8, 4) is 0 Å². The predicted octanol–water partition coefficient (Wildman–Crippen LogP) is 4.19. The van der Waals surface area contributed by atoms with Crippen molar-refractivity contribution in [2.75, 3.05) is 26.7 Å². The lowest BCUT2D eigenvalue weighted by Crippen LogP contribution is -2.20. The van der Waals surface area contributed by atoms with Crippen molar-refractivity contribution in [2.24, 2.45) is 5.73 Å². The molecule has 0 aromatic carbocycles. The van der Waals surface area contributed by atoms with Crippen LogP contribution in [0.1, 0.15) is 77.6 Å². The Morgan fingerprint density at radius 3 is 1.61 bits per heavy atom. The molecule has 0 aromatic heterocycles. The van der Waals surface area contributed by atoms with Crippen molar-refractivity contribution in [1.82, 2.24) is 4.90 Å². The van der Waals surface area contributed by atoms with Crippen molar-refractivity contribution < 1.29 is 0 Å². The molecular formula is C16H36N2. The minimum atomic E-state index is 0.867. The summed E-state index contributed by atoms with van der Waals surface area (Å²) in [4.78, 5) is 2.48. The molecule has 0 fully saturated rings. The lowest BCUT2D eigenvalue weighted by molar-refractivity contribution is 0.318. The lowest BCUT2D eigenvalue weighted by atomic mass is 10.1. The summed E-state index contributed by atoms with van der Waals surface area (Å²) in [6.07, 6.45) is 15.1. The maximum Gasteiger partial charge on any atom is -0.00218 e. The van der Waals surface area contributed by atoms with Gasteiger partial charge < -0.3 is 10.6 Å². The molecule has 0 aliphatic rings. The molecule has 0 aromatic rings. The van der Waals surface area contributed by atoms with Gasteiger partial charge in [-0.25, -0.2) is 0 Å². The summed E-state index contributed by atoms with van der Waals surface area (Å²) in [5, 5.41) is 0. The predicted molar refractivity (Wildman–Crippen MR) is 83.0 cm³/mol. The van der Waals surface area contributed by atoms with E-state index in [4.69, 9.17) is 5.73 Å². The van der Waals surface area contributed by atoms with Crippen LogP contribution < -0.4 is 5.73 Å².